The second-order valence-corrected chi connectivity index (χ2v) is 4.81. The summed E-state index contributed by atoms with van der Waals surface area (Å²) in [6, 6.07) is 4.84. The first kappa shape index (κ1) is 15.1. The number of aromatic nitrogens is 3. The fourth-order valence-corrected chi connectivity index (χ4v) is 1.66. The molecule has 6 heteroatoms. The average molecular weight is 293 g/mol. The topological polar surface area (TPSA) is 30.7 Å². The first-order chi connectivity index (χ1) is 9.86. The molecular weight excluding hydrogens is 279 g/mol. The highest BCUT2D eigenvalue weighted by molar-refractivity contribution is 5.58. The second kappa shape index (κ2) is 6.00. The quantitative estimate of drug-likeness (QED) is 0.792. The van der Waals surface area contributed by atoms with Crippen LogP contribution >= 0.6 is 0 Å². The van der Waals surface area contributed by atoms with E-state index >= 15 is 0 Å². The number of nitrogens with zero attached hydrogens (tertiary/aromatic N) is 3. The maximum Gasteiger partial charge on any atom is 0.416 e. The fourth-order valence-electron chi connectivity index (χ4n) is 1.66. The number of benzene rings is 1. The summed E-state index contributed by atoms with van der Waals surface area (Å²) in [6.45, 7) is 4.33. The minimum absolute atomic E-state index is 0.273. The summed E-state index contributed by atoms with van der Waals surface area (Å²) in [5.74, 6) is 6.20. The highest BCUT2D eigenvalue weighted by atomic mass is 19.4. The van der Waals surface area contributed by atoms with Crippen molar-refractivity contribution in [3.8, 4) is 23.1 Å². The van der Waals surface area contributed by atoms with E-state index in [2.05, 4.69) is 22.0 Å². The molecule has 0 fully saturated rings. The fraction of sp³-hybridized carbons (Fsp3) is 0.333. The van der Waals surface area contributed by atoms with Crippen molar-refractivity contribution < 1.29 is 13.2 Å². The highest BCUT2D eigenvalue weighted by Gasteiger charge is 2.30. The van der Waals surface area contributed by atoms with E-state index < -0.39 is 11.7 Å². The minimum atomic E-state index is -4.33. The molecule has 0 N–H and O–H groups in total. The van der Waals surface area contributed by atoms with Crippen molar-refractivity contribution in [1.82, 2.24) is 15.0 Å². The number of hydrogen-bond donors (Lipinski definition) is 0. The molecule has 1 aromatic carbocycles. The molecule has 0 saturated heterocycles. The molecule has 0 aliphatic carbocycles. The zero-order valence-corrected chi connectivity index (χ0v) is 11.6. The molecule has 0 aliphatic heterocycles. The number of alkyl halides is 3. The Morgan fingerprint density at radius 3 is 2.43 bits per heavy atom. The normalized spacial score (nSPS) is 11.3. The molecule has 0 radical (unpaired) electrons. The zero-order chi connectivity index (χ0) is 15.5. The van der Waals surface area contributed by atoms with E-state index in [1.54, 1.807) is 0 Å². The number of halogens is 3. The molecule has 0 saturated carbocycles. The summed E-state index contributed by atoms with van der Waals surface area (Å²) >= 11 is 0. The van der Waals surface area contributed by atoms with E-state index in [0.717, 1.165) is 12.1 Å². The van der Waals surface area contributed by atoms with E-state index in [1.165, 1.54) is 23.1 Å². The van der Waals surface area contributed by atoms with Crippen LogP contribution in [-0.4, -0.2) is 15.0 Å². The van der Waals surface area contributed by atoms with Gasteiger partial charge in [-0.15, -0.1) is 0 Å². The van der Waals surface area contributed by atoms with Gasteiger partial charge in [-0.05, 0) is 12.1 Å². The van der Waals surface area contributed by atoms with Gasteiger partial charge in [0.05, 0.1) is 11.8 Å². The average Bonchev–Trinajstić information content (AvgIpc) is 2.86. The van der Waals surface area contributed by atoms with Crippen LogP contribution in [0.5, 0.6) is 0 Å². The maximum atomic E-state index is 12.5. The van der Waals surface area contributed by atoms with E-state index in [-0.39, 0.29) is 5.92 Å². The molecule has 0 amide bonds. The predicted molar refractivity (Wildman–Crippen MR) is 73.1 cm³/mol. The van der Waals surface area contributed by atoms with Crippen molar-refractivity contribution in [2.75, 3.05) is 0 Å². The van der Waals surface area contributed by atoms with Gasteiger partial charge in [0.15, 0.2) is 0 Å². The maximum absolute atomic E-state index is 12.5. The Morgan fingerprint density at radius 1 is 1.19 bits per heavy atom. The molecule has 0 atom stereocenters. The van der Waals surface area contributed by atoms with Crippen molar-refractivity contribution in [2.24, 2.45) is 5.92 Å². The molecule has 0 aliphatic rings. The summed E-state index contributed by atoms with van der Waals surface area (Å²) in [5, 5.41) is 8.23. The summed E-state index contributed by atoms with van der Waals surface area (Å²) in [4.78, 5) is 1.42. The van der Waals surface area contributed by atoms with E-state index in [0.29, 0.717) is 17.8 Å². The van der Waals surface area contributed by atoms with Crippen LogP contribution in [0.25, 0.3) is 11.3 Å². The summed E-state index contributed by atoms with van der Waals surface area (Å²) in [7, 11) is 0. The lowest BCUT2D eigenvalue weighted by Gasteiger charge is -2.06. The molecule has 3 nitrogen and oxygen atoms in total. The molecular formula is C15H14F3N3. The molecule has 2 aromatic rings. The lowest BCUT2D eigenvalue weighted by Crippen LogP contribution is -2.04. The Labute approximate surface area is 120 Å². The number of hydrogen-bond acceptors (Lipinski definition) is 2. The molecule has 2 rings (SSSR count). The third kappa shape index (κ3) is 4.09. The first-order valence-electron chi connectivity index (χ1n) is 6.42. The SMILES string of the molecule is CC(C)C#CCn1ncc(-c2ccc(C(F)(F)F)cc2)n1. The van der Waals surface area contributed by atoms with Crippen LogP contribution in [-0.2, 0) is 12.7 Å². The Balaban J connectivity index is 2.13. The van der Waals surface area contributed by atoms with Gasteiger partial charge in [0.2, 0.25) is 0 Å². The molecule has 0 bridgehead atoms. The van der Waals surface area contributed by atoms with Gasteiger partial charge in [-0.2, -0.15) is 28.2 Å². The monoisotopic (exact) mass is 293 g/mol. The summed E-state index contributed by atoms with van der Waals surface area (Å²) < 4.78 is 37.5. The Morgan fingerprint density at radius 2 is 1.86 bits per heavy atom. The molecule has 0 unspecified atom stereocenters. The van der Waals surface area contributed by atoms with Gasteiger partial charge in [0.25, 0.3) is 0 Å². The van der Waals surface area contributed by atoms with Crippen LogP contribution in [0.4, 0.5) is 13.2 Å². The van der Waals surface area contributed by atoms with Gasteiger partial charge >= 0.3 is 6.18 Å². The van der Waals surface area contributed by atoms with Crippen LogP contribution in [0.1, 0.15) is 19.4 Å². The van der Waals surface area contributed by atoms with Crippen molar-refractivity contribution in [2.45, 2.75) is 26.6 Å². The van der Waals surface area contributed by atoms with Crippen LogP contribution in [0.15, 0.2) is 30.5 Å². The second-order valence-electron chi connectivity index (χ2n) is 4.81. The lowest BCUT2D eigenvalue weighted by molar-refractivity contribution is -0.137. The van der Waals surface area contributed by atoms with Crippen LogP contribution in [0.2, 0.25) is 0 Å². The predicted octanol–water partition coefficient (Wildman–Crippen LogP) is 3.62. The van der Waals surface area contributed by atoms with Gasteiger partial charge in [0, 0.05) is 11.5 Å². The van der Waals surface area contributed by atoms with Crippen LogP contribution in [0.3, 0.4) is 0 Å². The molecule has 110 valence electrons. The standard InChI is InChI=1S/C15H14F3N3/c1-11(2)4-3-9-21-19-10-14(20-21)12-5-7-13(8-6-12)15(16,17)18/h5-8,10-11H,9H2,1-2H3. The molecule has 21 heavy (non-hydrogen) atoms. The summed E-state index contributed by atoms with van der Waals surface area (Å²) in [5.41, 5.74) is 0.433. The van der Waals surface area contributed by atoms with Gasteiger partial charge in [0.1, 0.15) is 12.2 Å². The largest absolute Gasteiger partial charge is 0.416 e. The van der Waals surface area contributed by atoms with Crippen molar-refractivity contribution in [1.29, 1.82) is 0 Å². The van der Waals surface area contributed by atoms with E-state index in [9.17, 15) is 13.2 Å². The first-order valence-corrected chi connectivity index (χ1v) is 6.42. The minimum Gasteiger partial charge on any atom is -0.172 e. The Hall–Kier alpha value is -2.29. The van der Waals surface area contributed by atoms with Crippen molar-refractivity contribution in [3.05, 3.63) is 36.0 Å². The van der Waals surface area contributed by atoms with Gasteiger partial charge in [-0.1, -0.05) is 37.8 Å². The highest BCUT2D eigenvalue weighted by Crippen LogP contribution is 2.30. The van der Waals surface area contributed by atoms with Gasteiger partial charge < -0.3 is 0 Å². The Kier molecular flexibility index (Phi) is 4.32. The van der Waals surface area contributed by atoms with E-state index in [4.69, 9.17) is 0 Å². The molecule has 1 heterocycles. The Bertz CT molecular complexity index is 658. The van der Waals surface area contributed by atoms with Crippen molar-refractivity contribution >= 4 is 0 Å². The number of rotatable bonds is 2. The van der Waals surface area contributed by atoms with Crippen LogP contribution < -0.4 is 0 Å². The van der Waals surface area contributed by atoms with E-state index in [1.807, 2.05) is 13.8 Å². The zero-order valence-electron chi connectivity index (χ0n) is 11.6. The third-order valence-electron chi connectivity index (χ3n) is 2.66. The van der Waals surface area contributed by atoms with Gasteiger partial charge in [-0.25, -0.2) is 0 Å². The third-order valence-corrected chi connectivity index (χ3v) is 2.66. The molecule has 1 aromatic heterocycles. The van der Waals surface area contributed by atoms with Gasteiger partial charge in [-0.3, -0.25) is 0 Å². The smallest absolute Gasteiger partial charge is 0.172 e. The molecule has 0 spiro atoms. The van der Waals surface area contributed by atoms with Crippen LogP contribution in [0, 0.1) is 17.8 Å². The summed E-state index contributed by atoms with van der Waals surface area (Å²) in [6.07, 6.45) is -2.82. The lowest BCUT2D eigenvalue weighted by atomic mass is 10.1. The van der Waals surface area contributed by atoms with Crippen molar-refractivity contribution in [3.63, 3.8) is 0 Å².